The number of rotatable bonds is 4. The number of carbonyl (C=O) groups excluding carboxylic acids is 1. The number of urea groups is 1. The zero-order valence-electron chi connectivity index (χ0n) is 12.5. The highest BCUT2D eigenvalue weighted by molar-refractivity contribution is 7.18. The molecular weight excluding hydrogens is 310 g/mol. The Balaban J connectivity index is 1.63. The lowest BCUT2D eigenvalue weighted by Gasteiger charge is -2.05. The molecule has 2 heterocycles. The van der Waals surface area contributed by atoms with Crippen molar-refractivity contribution in [2.75, 3.05) is 10.6 Å². The highest BCUT2D eigenvalue weighted by Gasteiger charge is 2.09. The lowest BCUT2D eigenvalue weighted by molar-refractivity contribution is 0.262. The molecule has 116 valence electrons. The average molecular weight is 325 g/mol. The van der Waals surface area contributed by atoms with E-state index in [1.165, 1.54) is 16.9 Å². The molecule has 3 aromatic rings. The first-order valence-corrected chi connectivity index (χ1v) is 7.97. The molecule has 2 amide bonds. The fraction of sp³-hybridized carbons (Fsp3) is 0.125. The molecule has 23 heavy (non-hydrogen) atoms. The van der Waals surface area contributed by atoms with E-state index in [2.05, 4.69) is 32.7 Å². The highest BCUT2D eigenvalue weighted by Crippen LogP contribution is 2.25. The third kappa shape index (κ3) is 3.89. The standard InChI is InChI=1S/C16H15N5OS/c1-2-11-3-5-13(6-4-11)18-15(22)19-16-21-20-14(23-16)12-7-9-17-10-8-12/h3-10H,2H2,1H3,(H2,18,19,21,22). The third-order valence-corrected chi connectivity index (χ3v) is 4.08. The summed E-state index contributed by atoms with van der Waals surface area (Å²) >= 11 is 1.31. The molecule has 0 aliphatic heterocycles. The van der Waals surface area contributed by atoms with Crippen LogP contribution in [0.1, 0.15) is 12.5 Å². The van der Waals surface area contributed by atoms with Gasteiger partial charge in [0.05, 0.1) is 0 Å². The van der Waals surface area contributed by atoms with E-state index in [0.717, 1.165) is 22.7 Å². The predicted octanol–water partition coefficient (Wildman–Crippen LogP) is 3.81. The summed E-state index contributed by atoms with van der Waals surface area (Å²) < 4.78 is 0. The van der Waals surface area contributed by atoms with Crippen LogP contribution in [0.5, 0.6) is 0 Å². The molecular formula is C16H15N5OS. The van der Waals surface area contributed by atoms with Gasteiger partial charge in [-0.15, -0.1) is 10.2 Å². The second-order valence-electron chi connectivity index (χ2n) is 4.78. The number of amides is 2. The maximum Gasteiger partial charge on any atom is 0.325 e. The zero-order chi connectivity index (χ0) is 16.1. The van der Waals surface area contributed by atoms with Gasteiger partial charge >= 0.3 is 6.03 Å². The number of aryl methyl sites for hydroxylation is 1. The predicted molar refractivity (Wildman–Crippen MR) is 91.6 cm³/mol. The van der Waals surface area contributed by atoms with Crippen LogP contribution in [0.2, 0.25) is 0 Å². The molecule has 0 aliphatic carbocycles. The van der Waals surface area contributed by atoms with Crippen molar-refractivity contribution in [3.63, 3.8) is 0 Å². The molecule has 0 saturated carbocycles. The number of aromatic nitrogens is 3. The highest BCUT2D eigenvalue weighted by atomic mass is 32.1. The summed E-state index contributed by atoms with van der Waals surface area (Å²) in [6, 6.07) is 11.1. The van der Waals surface area contributed by atoms with Gasteiger partial charge in [0.15, 0.2) is 0 Å². The Labute approximate surface area is 137 Å². The molecule has 2 aromatic heterocycles. The monoisotopic (exact) mass is 325 g/mol. The van der Waals surface area contributed by atoms with E-state index in [-0.39, 0.29) is 6.03 Å². The number of hydrogen-bond acceptors (Lipinski definition) is 5. The van der Waals surface area contributed by atoms with Crippen molar-refractivity contribution in [1.29, 1.82) is 0 Å². The van der Waals surface area contributed by atoms with Crippen molar-refractivity contribution in [2.45, 2.75) is 13.3 Å². The maximum absolute atomic E-state index is 12.0. The molecule has 3 rings (SSSR count). The molecule has 0 unspecified atom stereocenters. The molecule has 0 aliphatic rings. The number of pyridine rings is 1. The summed E-state index contributed by atoms with van der Waals surface area (Å²) in [5.41, 5.74) is 2.88. The largest absolute Gasteiger partial charge is 0.325 e. The smallest absolute Gasteiger partial charge is 0.308 e. The number of anilines is 2. The van der Waals surface area contributed by atoms with Crippen LogP contribution >= 0.6 is 11.3 Å². The van der Waals surface area contributed by atoms with Crippen LogP contribution in [-0.2, 0) is 6.42 Å². The van der Waals surface area contributed by atoms with Crippen LogP contribution in [0, 0.1) is 0 Å². The van der Waals surface area contributed by atoms with Crippen molar-refractivity contribution in [3.8, 4) is 10.6 Å². The first-order valence-electron chi connectivity index (χ1n) is 7.15. The van der Waals surface area contributed by atoms with Crippen LogP contribution in [0.3, 0.4) is 0 Å². The topological polar surface area (TPSA) is 79.8 Å². The Bertz CT molecular complexity index is 786. The van der Waals surface area contributed by atoms with Gasteiger partial charge in [0, 0.05) is 23.6 Å². The van der Waals surface area contributed by atoms with Crippen molar-refractivity contribution >= 4 is 28.2 Å². The summed E-state index contributed by atoms with van der Waals surface area (Å²) in [6.45, 7) is 2.09. The minimum absolute atomic E-state index is 0.341. The summed E-state index contributed by atoms with van der Waals surface area (Å²) in [4.78, 5) is 16.0. The second kappa shape index (κ2) is 6.97. The summed E-state index contributed by atoms with van der Waals surface area (Å²) in [5, 5.41) is 14.7. The molecule has 1 aromatic carbocycles. The Morgan fingerprint density at radius 2 is 1.78 bits per heavy atom. The van der Waals surface area contributed by atoms with Crippen LogP contribution in [0.4, 0.5) is 15.6 Å². The van der Waals surface area contributed by atoms with E-state index in [4.69, 9.17) is 0 Å². The van der Waals surface area contributed by atoms with Gasteiger partial charge in [0.1, 0.15) is 5.01 Å². The van der Waals surface area contributed by atoms with Gasteiger partial charge < -0.3 is 5.32 Å². The molecule has 2 N–H and O–H groups in total. The third-order valence-electron chi connectivity index (χ3n) is 3.19. The fourth-order valence-corrected chi connectivity index (χ4v) is 2.71. The van der Waals surface area contributed by atoms with Crippen LogP contribution < -0.4 is 10.6 Å². The van der Waals surface area contributed by atoms with E-state index < -0.39 is 0 Å². The molecule has 0 fully saturated rings. The van der Waals surface area contributed by atoms with E-state index in [9.17, 15) is 4.79 Å². The van der Waals surface area contributed by atoms with Gasteiger partial charge in [-0.2, -0.15) is 0 Å². The van der Waals surface area contributed by atoms with Crippen LogP contribution in [0.15, 0.2) is 48.8 Å². The SMILES string of the molecule is CCc1ccc(NC(=O)Nc2nnc(-c3ccncc3)s2)cc1. The van der Waals surface area contributed by atoms with Crippen LogP contribution in [-0.4, -0.2) is 21.2 Å². The molecule has 7 heteroatoms. The van der Waals surface area contributed by atoms with E-state index >= 15 is 0 Å². The Kier molecular flexibility index (Phi) is 4.58. The van der Waals surface area contributed by atoms with Crippen molar-refractivity contribution < 1.29 is 4.79 Å². The molecule has 0 bridgehead atoms. The normalized spacial score (nSPS) is 10.3. The maximum atomic E-state index is 12.0. The lowest BCUT2D eigenvalue weighted by Crippen LogP contribution is -2.19. The number of carbonyl (C=O) groups is 1. The van der Waals surface area contributed by atoms with E-state index in [1.807, 2.05) is 36.4 Å². The molecule has 0 spiro atoms. The number of benzene rings is 1. The lowest BCUT2D eigenvalue weighted by atomic mass is 10.1. The quantitative estimate of drug-likeness (QED) is 0.764. The summed E-state index contributed by atoms with van der Waals surface area (Å²) in [5.74, 6) is 0. The first kappa shape index (κ1) is 15.1. The second-order valence-corrected chi connectivity index (χ2v) is 5.76. The van der Waals surface area contributed by atoms with Crippen molar-refractivity contribution in [2.24, 2.45) is 0 Å². The summed E-state index contributed by atoms with van der Waals surface area (Å²) in [6.07, 6.45) is 4.35. The molecule has 0 atom stereocenters. The minimum atomic E-state index is -0.341. The number of hydrogen-bond donors (Lipinski definition) is 2. The van der Waals surface area contributed by atoms with Gasteiger partial charge in [0.2, 0.25) is 5.13 Å². The number of nitrogens with zero attached hydrogens (tertiary/aromatic N) is 3. The number of nitrogens with one attached hydrogen (secondary N) is 2. The van der Waals surface area contributed by atoms with Crippen LogP contribution in [0.25, 0.3) is 10.6 Å². The summed E-state index contributed by atoms with van der Waals surface area (Å²) in [7, 11) is 0. The Morgan fingerprint density at radius 3 is 2.48 bits per heavy atom. The van der Waals surface area contributed by atoms with Gasteiger partial charge in [-0.05, 0) is 36.2 Å². The van der Waals surface area contributed by atoms with Gasteiger partial charge in [0.25, 0.3) is 0 Å². The Hall–Kier alpha value is -2.80. The van der Waals surface area contributed by atoms with Crippen molar-refractivity contribution in [3.05, 3.63) is 54.4 Å². The van der Waals surface area contributed by atoms with Gasteiger partial charge in [-0.3, -0.25) is 10.3 Å². The van der Waals surface area contributed by atoms with E-state index in [0.29, 0.717) is 5.13 Å². The van der Waals surface area contributed by atoms with Gasteiger partial charge in [-0.1, -0.05) is 30.4 Å². The first-order chi connectivity index (χ1) is 11.2. The average Bonchev–Trinajstić information content (AvgIpc) is 3.04. The minimum Gasteiger partial charge on any atom is -0.308 e. The van der Waals surface area contributed by atoms with E-state index in [1.54, 1.807) is 12.4 Å². The Morgan fingerprint density at radius 1 is 1.04 bits per heavy atom. The molecule has 0 saturated heterocycles. The van der Waals surface area contributed by atoms with Crippen molar-refractivity contribution in [1.82, 2.24) is 15.2 Å². The van der Waals surface area contributed by atoms with Gasteiger partial charge in [-0.25, -0.2) is 4.79 Å². The zero-order valence-corrected chi connectivity index (χ0v) is 13.3. The molecule has 6 nitrogen and oxygen atoms in total. The fourth-order valence-electron chi connectivity index (χ4n) is 1.97. The molecule has 0 radical (unpaired) electrons.